The molecule has 202 valence electrons. The number of phenolic OH excluding ortho intramolecular Hbond substituents is 1. The zero-order valence-corrected chi connectivity index (χ0v) is 24.0. The van der Waals surface area contributed by atoms with Crippen molar-refractivity contribution in [1.82, 2.24) is 0 Å². The molecule has 2 aromatic carbocycles. The molecule has 2 aliphatic rings. The summed E-state index contributed by atoms with van der Waals surface area (Å²) >= 11 is 6.29. The van der Waals surface area contributed by atoms with Gasteiger partial charge in [-0.3, -0.25) is 4.79 Å². The molecule has 4 rings (SSSR count). The summed E-state index contributed by atoms with van der Waals surface area (Å²) in [6.07, 6.45) is 5.35. The van der Waals surface area contributed by atoms with Gasteiger partial charge < -0.3 is 19.9 Å². The van der Waals surface area contributed by atoms with Crippen molar-refractivity contribution in [2.24, 2.45) is 11.8 Å². The predicted molar refractivity (Wildman–Crippen MR) is 150 cm³/mol. The molecule has 0 radical (unpaired) electrons. The first-order chi connectivity index (χ1) is 17.3. The molecule has 2 aliphatic heterocycles. The van der Waals surface area contributed by atoms with Crippen molar-refractivity contribution < 1.29 is 19.4 Å². The van der Waals surface area contributed by atoms with Gasteiger partial charge in [0.05, 0.1) is 22.9 Å². The zero-order chi connectivity index (χ0) is 27.1. The topological polar surface area (TPSA) is 67.8 Å². The fourth-order valence-corrected chi connectivity index (χ4v) is 5.87. The SMILES string of the molecule is CC(C)CCC[C@]1(C)Oc2ccc(C(=O)Nc3cc(C(C)(C)C)cc(Cl)c3O)cc2[C@@H]2O[C@H](C)CC[C@H]21. The van der Waals surface area contributed by atoms with Gasteiger partial charge in [0.25, 0.3) is 5.91 Å². The van der Waals surface area contributed by atoms with E-state index < -0.39 is 0 Å². The molecule has 0 unspecified atom stereocenters. The lowest BCUT2D eigenvalue weighted by atomic mass is 9.72. The number of rotatable bonds is 6. The van der Waals surface area contributed by atoms with Crippen molar-refractivity contribution >= 4 is 23.2 Å². The summed E-state index contributed by atoms with van der Waals surface area (Å²) in [5.41, 5.74) is 2.15. The van der Waals surface area contributed by atoms with Crippen LogP contribution < -0.4 is 10.1 Å². The van der Waals surface area contributed by atoms with Gasteiger partial charge in [-0.25, -0.2) is 0 Å². The molecule has 2 aromatic rings. The lowest BCUT2D eigenvalue weighted by Gasteiger charge is -2.50. The van der Waals surface area contributed by atoms with E-state index >= 15 is 0 Å². The first-order valence-electron chi connectivity index (χ1n) is 13.6. The van der Waals surface area contributed by atoms with E-state index in [1.54, 1.807) is 18.2 Å². The summed E-state index contributed by atoms with van der Waals surface area (Å²) in [6, 6.07) is 9.08. The number of carbonyl (C=O) groups is 1. The van der Waals surface area contributed by atoms with Crippen LogP contribution in [-0.4, -0.2) is 22.7 Å². The van der Waals surface area contributed by atoms with E-state index in [9.17, 15) is 9.90 Å². The summed E-state index contributed by atoms with van der Waals surface area (Å²) in [5.74, 6) is 1.24. The molecule has 0 spiro atoms. The van der Waals surface area contributed by atoms with Gasteiger partial charge in [-0.2, -0.15) is 0 Å². The Balaban J connectivity index is 1.63. The third-order valence-electron chi connectivity index (χ3n) is 7.97. The summed E-state index contributed by atoms with van der Waals surface area (Å²) < 4.78 is 13.2. The van der Waals surface area contributed by atoms with Gasteiger partial charge in [-0.05, 0) is 86.8 Å². The van der Waals surface area contributed by atoms with Crippen LogP contribution in [0.1, 0.15) is 108 Å². The maximum absolute atomic E-state index is 13.3. The van der Waals surface area contributed by atoms with Crippen molar-refractivity contribution in [2.45, 2.75) is 104 Å². The number of hydrogen-bond acceptors (Lipinski definition) is 4. The van der Waals surface area contributed by atoms with Gasteiger partial charge in [-0.15, -0.1) is 0 Å². The highest BCUT2D eigenvalue weighted by molar-refractivity contribution is 6.32. The minimum Gasteiger partial charge on any atom is -0.504 e. The van der Waals surface area contributed by atoms with E-state index in [4.69, 9.17) is 21.1 Å². The fraction of sp³-hybridized carbons (Fsp3) is 0.581. The Bertz CT molecular complexity index is 1150. The number of carbonyl (C=O) groups excluding carboxylic acids is 1. The third-order valence-corrected chi connectivity index (χ3v) is 8.25. The van der Waals surface area contributed by atoms with Crippen LogP contribution in [0.5, 0.6) is 11.5 Å². The smallest absolute Gasteiger partial charge is 0.255 e. The van der Waals surface area contributed by atoms with Gasteiger partial charge in [0.2, 0.25) is 0 Å². The third kappa shape index (κ3) is 5.93. The highest BCUT2D eigenvalue weighted by Gasteiger charge is 2.49. The van der Waals surface area contributed by atoms with E-state index in [2.05, 4.69) is 53.8 Å². The Kier molecular flexibility index (Phi) is 7.88. The number of phenols is 1. The molecule has 2 heterocycles. The van der Waals surface area contributed by atoms with Crippen molar-refractivity contribution in [3.63, 3.8) is 0 Å². The van der Waals surface area contributed by atoms with Crippen LogP contribution >= 0.6 is 11.6 Å². The second-order valence-electron chi connectivity index (χ2n) is 12.6. The van der Waals surface area contributed by atoms with Crippen molar-refractivity contribution in [3.05, 3.63) is 52.0 Å². The molecule has 0 aliphatic carbocycles. The van der Waals surface area contributed by atoms with Crippen molar-refractivity contribution in [2.75, 3.05) is 5.32 Å². The van der Waals surface area contributed by atoms with Crippen LogP contribution in [0.2, 0.25) is 5.02 Å². The molecule has 5 nitrogen and oxygen atoms in total. The number of anilines is 1. The molecular formula is C31H42ClNO4. The van der Waals surface area contributed by atoms with Gasteiger partial charge in [-0.1, -0.05) is 52.6 Å². The van der Waals surface area contributed by atoms with Crippen LogP contribution in [0.3, 0.4) is 0 Å². The average Bonchev–Trinajstić information content (AvgIpc) is 2.80. The molecule has 4 atom stereocenters. The highest BCUT2D eigenvalue weighted by atomic mass is 35.5. The number of halogens is 1. The molecule has 1 amide bonds. The Hall–Kier alpha value is -2.24. The summed E-state index contributed by atoms with van der Waals surface area (Å²) in [5, 5.41) is 13.6. The Morgan fingerprint density at radius 3 is 2.62 bits per heavy atom. The van der Waals surface area contributed by atoms with Gasteiger partial charge in [0.1, 0.15) is 11.4 Å². The second kappa shape index (κ2) is 10.5. The highest BCUT2D eigenvalue weighted by Crippen LogP contribution is 2.52. The van der Waals surface area contributed by atoms with Crippen LogP contribution in [0.15, 0.2) is 30.3 Å². The average molecular weight is 528 g/mol. The molecule has 0 aromatic heterocycles. The minimum atomic E-state index is -0.314. The molecule has 1 fully saturated rings. The van der Waals surface area contributed by atoms with Gasteiger partial charge >= 0.3 is 0 Å². The monoisotopic (exact) mass is 527 g/mol. The Morgan fingerprint density at radius 1 is 1.22 bits per heavy atom. The van der Waals surface area contributed by atoms with Crippen LogP contribution in [0, 0.1) is 11.8 Å². The maximum Gasteiger partial charge on any atom is 0.255 e. The van der Waals surface area contributed by atoms with Crippen molar-refractivity contribution in [3.8, 4) is 11.5 Å². The maximum atomic E-state index is 13.3. The van der Waals surface area contributed by atoms with Crippen LogP contribution in [-0.2, 0) is 10.2 Å². The van der Waals surface area contributed by atoms with Gasteiger partial charge in [0.15, 0.2) is 5.75 Å². The molecule has 1 saturated heterocycles. The number of ether oxygens (including phenoxy) is 2. The first-order valence-corrected chi connectivity index (χ1v) is 14.0. The van der Waals surface area contributed by atoms with E-state index in [0.717, 1.165) is 42.6 Å². The van der Waals surface area contributed by atoms with E-state index in [1.807, 2.05) is 12.1 Å². The fourth-order valence-electron chi connectivity index (χ4n) is 5.65. The largest absolute Gasteiger partial charge is 0.504 e. The molecule has 37 heavy (non-hydrogen) atoms. The number of amides is 1. The Morgan fingerprint density at radius 2 is 1.95 bits per heavy atom. The van der Waals surface area contributed by atoms with Gasteiger partial charge in [0, 0.05) is 17.0 Å². The lowest BCUT2D eigenvalue weighted by Crippen LogP contribution is -2.50. The minimum absolute atomic E-state index is 0.114. The standard InChI is InChI=1S/C31H42ClNO4/c1-18(2)9-8-14-31(7)23-12-10-19(3)36-28(23)22-15-20(11-13-26(22)37-31)29(35)33-25-17-21(30(4,5)6)16-24(32)27(25)34/h11,13,15-19,23,28,34H,8-10,12,14H2,1-7H3,(H,33,35)/t19-,23-,28+,31+/m1/s1. The second-order valence-corrected chi connectivity index (χ2v) is 13.0. The lowest BCUT2D eigenvalue weighted by molar-refractivity contribution is -0.152. The molecule has 6 heteroatoms. The van der Waals surface area contributed by atoms with Crippen molar-refractivity contribution in [1.29, 1.82) is 0 Å². The van der Waals surface area contributed by atoms with Crippen LogP contribution in [0.25, 0.3) is 0 Å². The number of aromatic hydroxyl groups is 1. The number of fused-ring (bicyclic) bond motifs is 3. The predicted octanol–water partition coefficient (Wildman–Crippen LogP) is 8.43. The zero-order valence-electron chi connectivity index (χ0n) is 23.3. The summed E-state index contributed by atoms with van der Waals surface area (Å²) in [7, 11) is 0. The van der Waals surface area contributed by atoms with Crippen LogP contribution in [0.4, 0.5) is 5.69 Å². The summed E-state index contributed by atoms with van der Waals surface area (Å²) in [4.78, 5) is 13.3. The molecule has 0 saturated carbocycles. The number of hydrogen-bond donors (Lipinski definition) is 2. The summed E-state index contributed by atoms with van der Waals surface area (Å²) in [6.45, 7) is 15.0. The van der Waals surface area contributed by atoms with E-state index in [1.165, 1.54) is 6.42 Å². The molecule has 2 N–H and O–H groups in total. The quantitative estimate of drug-likeness (QED) is 0.370. The normalized spacial score (nSPS) is 25.3. The Labute approximate surface area is 226 Å². The molecular weight excluding hydrogens is 486 g/mol. The van der Waals surface area contributed by atoms with E-state index in [-0.39, 0.29) is 45.8 Å². The molecule has 0 bridgehead atoms. The van der Waals surface area contributed by atoms with E-state index in [0.29, 0.717) is 17.2 Å². The first kappa shape index (κ1) is 27.8. The number of nitrogens with one attached hydrogen (secondary N) is 1. The number of benzene rings is 2.